The number of rotatable bonds is 4. The SMILES string of the molecule is O=C(c1cc(-c2nccs2)c2oc(N3CC4CCC(C3)N4)nc2c1OC(F)(F)F)N1CCC1. The zero-order valence-electron chi connectivity index (χ0n) is 17.4. The number of thiazole rings is 1. The number of nitrogens with zero attached hydrogens (tertiary/aromatic N) is 4. The molecule has 3 saturated heterocycles. The lowest BCUT2D eigenvalue weighted by atomic mass is 10.0. The molecule has 3 aromatic rings. The maximum atomic E-state index is 13.4. The minimum absolute atomic E-state index is 0.121. The minimum atomic E-state index is -4.99. The second-order valence-corrected chi connectivity index (χ2v) is 9.44. The van der Waals surface area contributed by atoms with Crippen molar-refractivity contribution >= 4 is 34.4 Å². The van der Waals surface area contributed by atoms with Crippen molar-refractivity contribution in [2.45, 2.75) is 37.7 Å². The van der Waals surface area contributed by atoms with Crippen LogP contribution in [0.25, 0.3) is 21.7 Å². The summed E-state index contributed by atoms with van der Waals surface area (Å²) >= 11 is 1.30. The standard InChI is InChI=1S/C21H20F3N5O3S/c22-21(23,24)32-17-14(19(30)28-5-1-6-28)8-13(18-25-4-7-33-18)16-15(17)27-20(31-16)29-9-11-2-3-12(10-29)26-11/h4,7-8,11-12,26H,1-3,5-6,9-10H2. The van der Waals surface area contributed by atoms with Gasteiger partial charge in [0.25, 0.3) is 11.9 Å². The Labute approximate surface area is 190 Å². The number of carbonyl (C=O) groups is 1. The number of hydrogen-bond acceptors (Lipinski definition) is 8. The Morgan fingerprint density at radius 2 is 2.00 bits per heavy atom. The molecule has 2 unspecified atom stereocenters. The number of likely N-dealkylation sites (tertiary alicyclic amines) is 1. The van der Waals surface area contributed by atoms with Crippen LogP contribution in [-0.4, -0.2) is 65.4 Å². The number of amides is 1. The van der Waals surface area contributed by atoms with Crippen molar-refractivity contribution in [3.63, 3.8) is 0 Å². The molecule has 2 bridgehead atoms. The minimum Gasteiger partial charge on any atom is -0.422 e. The van der Waals surface area contributed by atoms with E-state index in [2.05, 4.69) is 20.0 Å². The summed E-state index contributed by atoms with van der Waals surface area (Å²) < 4.78 is 50.7. The van der Waals surface area contributed by atoms with Crippen LogP contribution in [0.1, 0.15) is 29.6 Å². The Hall–Kier alpha value is -2.86. The van der Waals surface area contributed by atoms with Gasteiger partial charge in [-0.2, -0.15) is 4.98 Å². The van der Waals surface area contributed by atoms with E-state index in [0.29, 0.717) is 36.8 Å². The molecule has 0 aliphatic carbocycles. The fourth-order valence-electron chi connectivity index (χ4n) is 4.72. The van der Waals surface area contributed by atoms with Crippen LogP contribution < -0.4 is 15.0 Å². The number of ether oxygens (including phenoxy) is 1. The maximum Gasteiger partial charge on any atom is 0.573 e. The topological polar surface area (TPSA) is 83.7 Å². The number of oxazole rings is 1. The molecule has 0 radical (unpaired) electrons. The lowest BCUT2D eigenvalue weighted by Gasteiger charge is -2.31. The molecule has 12 heteroatoms. The summed E-state index contributed by atoms with van der Waals surface area (Å²) in [4.78, 5) is 25.3. The van der Waals surface area contributed by atoms with Gasteiger partial charge in [-0.15, -0.1) is 24.5 Å². The van der Waals surface area contributed by atoms with E-state index >= 15 is 0 Å². The maximum absolute atomic E-state index is 13.4. The fraction of sp³-hybridized carbons (Fsp3) is 0.476. The molecule has 3 aliphatic heterocycles. The first-order chi connectivity index (χ1) is 15.9. The van der Waals surface area contributed by atoms with Gasteiger partial charge in [0.2, 0.25) is 0 Å². The summed E-state index contributed by atoms with van der Waals surface area (Å²) in [6.45, 7) is 2.26. The summed E-state index contributed by atoms with van der Waals surface area (Å²) in [6.07, 6.45) is -0.533. The van der Waals surface area contributed by atoms with Crippen LogP contribution in [0, 0.1) is 0 Å². The zero-order valence-corrected chi connectivity index (χ0v) is 18.2. The molecule has 174 valence electrons. The molecule has 2 aromatic heterocycles. The first-order valence-electron chi connectivity index (χ1n) is 10.8. The lowest BCUT2D eigenvalue weighted by Crippen LogP contribution is -2.51. The van der Waals surface area contributed by atoms with Crippen molar-refractivity contribution in [3.8, 4) is 16.3 Å². The number of benzene rings is 1. The summed E-state index contributed by atoms with van der Waals surface area (Å²) in [6, 6.07) is 2.18. The quantitative estimate of drug-likeness (QED) is 0.612. The molecule has 0 saturated carbocycles. The Balaban J connectivity index is 1.54. The first kappa shape index (κ1) is 20.7. The third-order valence-corrected chi connectivity index (χ3v) is 7.16. The molecule has 3 fully saturated rings. The van der Waals surface area contributed by atoms with Crippen LogP contribution >= 0.6 is 11.3 Å². The first-order valence-corrected chi connectivity index (χ1v) is 11.7. The summed E-state index contributed by atoms with van der Waals surface area (Å²) in [5.41, 5.74) is 0.246. The highest BCUT2D eigenvalue weighted by Crippen LogP contribution is 2.43. The Bertz CT molecular complexity index is 1200. The molecule has 5 heterocycles. The highest BCUT2D eigenvalue weighted by molar-refractivity contribution is 7.13. The molecule has 8 nitrogen and oxygen atoms in total. The van der Waals surface area contributed by atoms with Gasteiger partial charge >= 0.3 is 6.36 Å². The predicted molar refractivity (Wildman–Crippen MR) is 114 cm³/mol. The molecule has 1 amide bonds. The van der Waals surface area contributed by atoms with E-state index < -0.39 is 18.0 Å². The van der Waals surface area contributed by atoms with Crippen LogP contribution in [-0.2, 0) is 0 Å². The van der Waals surface area contributed by atoms with Gasteiger partial charge in [0.05, 0.1) is 11.1 Å². The van der Waals surface area contributed by atoms with Gasteiger partial charge in [-0.1, -0.05) is 0 Å². The van der Waals surface area contributed by atoms with Gasteiger partial charge in [0.1, 0.15) is 5.01 Å². The molecule has 3 aliphatic rings. The monoisotopic (exact) mass is 479 g/mol. The van der Waals surface area contributed by atoms with E-state index in [0.717, 1.165) is 19.3 Å². The third kappa shape index (κ3) is 3.70. The number of alkyl halides is 3. The van der Waals surface area contributed by atoms with Crippen LogP contribution in [0.5, 0.6) is 5.75 Å². The number of carbonyl (C=O) groups excluding carboxylic acids is 1. The van der Waals surface area contributed by atoms with Gasteiger partial charge < -0.3 is 24.3 Å². The molecule has 0 spiro atoms. The third-order valence-electron chi connectivity index (χ3n) is 6.35. The molecule has 33 heavy (non-hydrogen) atoms. The average molecular weight is 479 g/mol. The Kier molecular flexibility index (Phi) is 4.77. The smallest absolute Gasteiger partial charge is 0.422 e. The van der Waals surface area contributed by atoms with Crippen molar-refractivity contribution in [2.75, 3.05) is 31.1 Å². The number of anilines is 1. The van der Waals surface area contributed by atoms with Gasteiger partial charge in [-0.05, 0) is 25.3 Å². The highest BCUT2D eigenvalue weighted by Gasteiger charge is 2.39. The molecule has 2 atom stereocenters. The second-order valence-electron chi connectivity index (χ2n) is 8.55. The van der Waals surface area contributed by atoms with Crippen molar-refractivity contribution in [2.24, 2.45) is 0 Å². The van der Waals surface area contributed by atoms with Crippen LogP contribution in [0.4, 0.5) is 19.2 Å². The van der Waals surface area contributed by atoms with Gasteiger partial charge in [0.15, 0.2) is 16.8 Å². The number of hydrogen-bond donors (Lipinski definition) is 1. The molecule has 6 rings (SSSR count). The summed E-state index contributed by atoms with van der Waals surface area (Å²) in [5, 5.41) is 5.79. The van der Waals surface area contributed by atoms with Crippen LogP contribution in [0.2, 0.25) is 0 Å². The van der Waals surface area contributed by atoms with Gasteiger partial charge in [0, 0.05) is 49.8 Å². The number of piperazine rings is 1. The molecule has 1 N–H and O–H groups in total. The van der Waals surface area contributed by atoms with E-state index in [1.54, 1.807) is 11.6 Å². The lowest BCUT2D eigenvalue weighted by molar-refractivity contribution is -0.274. The average Bonchev–Trinajstić information content (AvgIpc) is 3.46. The van der Waals surface area contributed by atoms with Gasteiger partial charge in [-0.3, -0.25) is 4.79 Å². The van der Waals surface area contributed by atoms with Crippen molar-refractivity contribution in [3.05, 3.63) is 23.2 Å². The number of halogens is 3. The van der Waals surface area contributed by atoms with Gasteiger partial charge in [-0.25, -0.2) is 4.98 Å². The fourth-order valence-corrected chi connectivity index (χ4v) is 5.37. The van der Waals surface area contributed by atoms with E-state index in [1.807, 2.05) is 4.90 Å². The van der Waals surface area contributed by atoms with Crippen molar-refractivity contribution in [1.29, 1.82) is 0 Å². The largest absolute Gasteiger partial charge is 0.573 e. The van der Waals surface area contributed by atoms with Crippen LogP contribution in [0.3, 0.4) is 0 Å². The highest BCUT2D eigenvalue weighted by atomic mass is 32.1. The Morgan fingerprint density at radius 3 is 2.61 bits per heavy atom. The van der Waals surface area contributed by atoms with Crippen molar-refractivity contribution < 1.29 is 27.1 Å². The second kappa shape index (κ2) is 7.59. The van der Waals surface area contributed by atoms with E-state index in [4.69, 9.17) is 4.42 Å². The number of nitrogens with one attached hydrogen (secondary N) is 1. The van der Waals surface area contributed by atoms with Crippen molar-refractivity contribution in [1.82, 2.24) is 20.2 Å². The Morgan fingerprint density at radius 1 is 1.24 bits per heavy atom. The predicted octanol–water partition coefficient (Wildman–Crippen LogP) is 3.64. The van der Waals surface area contributed by atoms with E-state index in [1.165, 1.54) is 22.3 Å². The summed E-state index contributed by atoms with van der Waals surface area (Å²) in [5.74, 6) is -1.15. The van der Waals surface area contributed by atoms with Crippen LogP contribution in [0.15, 0.2) is 22.1 Å². The number of fused-ring (bicyclic) bond motifs is 3. The number of aromatic nitrogens is 2. The van der Waals surface area contributed by atoms with E-state index in [-0.39, 0.29) is 34.8 Å². The van der Waals surface area contributed by atoms with E-state index in [9.17, 15) is 18.0 Å². The molecular weight excluding hydrogens is 459 g/mol. The molecular formula is C21H20F3N5O3S. The molecule has 1 aromatic carbocycles. The summed E-state index contributed by atoms with van der Waals surface area (Å²) in [7, 11) is 0. The normalized spacial score (nSPS) is 22.6. The zero-order chi connectivity index (χ0) is 22.7.